The van der Waals surface area contributed by atoms with Gasteiger partial charge in [-0.25, -0.2) is 0 Å². The van der Waals surface area contributed by atoms with Crippen LogP contribution in [0.15, 0.2) is 24.3 Å². The van der Waals surface area contributed by atoms with Crippen molar-refractivity contribution in [2.24, 2.45) is 0 Å². The number of rotatable bonds is 9. The fourth-order valence-corrected chi connectivity index (χ4v) is 2.02. The molecular weight excluding hydrogens is 270 g/mol. The van der Waals surface area contributed by atoms with Crippen molar-refractivity contribution >= 4 is 11.9 Å². The van der Waals surface area contributed by atoms with E-state index < -0.39 is 5.97 Å². The van der Waals surface area contributed by atoms with Gasteiger partial charge in [0.05, 0.1) is 13.5 Å². The smallest absolute Gasteiger partial charge is 0.305 e. The fraction of sp³-hybridized carbons (Fsp3) is 0.500. The van der Waals surface area contributed by atoms with E-state index in [2.05, 4.69) is 0 Å². The molecule has 0 aliphatic heterocycles. The Hall–Kier alpha value is -2.04. The van der Waals surface area contributed by atoms with Crippen LogP contribution in [0.25, 0.3) is 0 Å². The molecule has 0 saturated carbocycles. The van der Waals surface area contributed by atoms with Gasteiger partial charge in [-0.05, 0) is 30.5 Å². The summed E-state index contributed by atoms with van der Waals surface area (Å²) in [5, 5.41) is 8.77. The van der Waals surface area contributed by atoms with Crippen molar-refractivity contribution in [1.29, 1.82) is 0 Å². The number of carbonyl (C=O) groups excluding carboxylic acids is 1. The van der Waals surface area contributed by atoms with Gasteiger partial charge in [0.25, 0.3) is 0 Å². The molecule has 5 heteroatoms. The lowest BCUT2D eigenvalue weighted by Crippen LogP contribution is -2.34. The highest BCUT2D eigenvalue weighted by molar-refractivity contribution is 5.77. The largest absolute Gasteiger partial charge is 0.497 e. The highest BCUT2D eigenvalue weighted by Gasteiger charge is 2.13. The average Bonchev–Trinajstić information content (AvgIpc) is 2.47. The summed E-state index contributed by atoms with van der Waals surface area (Å²) in [4.78, 5) is 24.3. The minimum absolute atomic E-state index is 0.0158. The summed E-state index contributed by atoms with van der Waals surface area (Å²) < 4.78 is 5.10. The Labute approximate surface area is 125 Å². The summed E-state index contributed by atoms with van der Waals surface area (Å²) in [5.74, 6) is -0.0652. The van der Waals surface area contributed by atoms with E-state index in [1.807, 2.05) is 31.2 Å². The van der Waals surface area contributed by atoms with Gasteiger partial charge in [-0.1, -0.05) is 19.1 Å². The van der Waals surface area contributed by atoms with Gasteiger partial charge in [-0.3, -0.25) is 9.59 Å². The molecule has 0 atom stereocenters. The minimum Gasteiger partial charge on any atom is -0.497 e. The topological polar surface area (TPSA) is 66.8 Å². The minimum atomic E-state index is -0.881. The molecule has 0 aliphatic carbocycles. The number of methoxy groups -OCH3 is 1. The van der Waals surface area contributed by atoms with E-state index in [4.69, 9.17) is 9.84 Å². The number of nitrogens with zero attached hydrogens (tertiary/aromatic N) is 1. The van der Waals surface area contributed by atoms with E-state index in [1.165, 1.54) is 0 Å². The maximum atomic E-state index is 12.0. The molecule has 0 radical (unpaired) electrons. The number of amides is 1. The van der Waals surface area contributed by atoms with Crippen molar-refractivity contribution in [3.8, 4) is 5.75 Å². The predicted octanol–water partition coefficient (Wildman–Crippen LogP) is 2.34. The van der Waals surface area contributed by atoms with Gasteiger partial charge >= 0.3 is 5.97 Å². The SMILES string of the molecule is CCCC(=O)N(CCC(=O)O)CCc1ccc(OC)cc1. The fourth-order valence-electron chi connectivity index (χ4n) is 2.02. The van der Waals surface area contributed by atoms with Crippen LogP contribution in [0.5, 0.6) is 5.75 Å². The monoisotopic (exact) mass is 293 g/mol. The van der Waals surface area contributed by atoms with Crippen LogP contribution in [0.2, 0.25) is 0 Å². The molecule has 1 N–H and O–H groups in total. The number of ether oxygens (including phenoxy) is 1. The zero-order valence-electron chi connectivity index (χ0n) is 12.7. The first-order chi connectivity index (χ1) is 10.1. The summed E-state index contributed by atoms with van der Waals surface area (Å²) in [6.45, 7) is 2.75. The number of hydrogen-bond donors (Lipinski definition) is 1. The second-order valence-electron chi connectivity index (χ2n) is 4.87. The van der Waals surface area contributed by atoms with Gasteiger partial charge in [-0.15, -0.1) is 0 Å². The second kappa shape index (κ2) is 9.00. The maximum Gasteiger partial charge on any atom is 0.305 e. The lowest BCUT2D eigenvalue weighted by molar-refractivity contribution is -0.138. The lowest BCUT2D eigenvalue weighted by atomic mass is 10.1. The Balaban J connectivity index is 2.57. The van der Waals surface area contributed by atoms with Gasteiger partial charge in [-0.2, -0.15) is 0 Å². The third-order valence-corrected chi connectivity index (χ3v) is 3.24. The number of carboxylic acid groups (broad SMARTS) is 1. The average molecular weight is 293 g/mol. The van der Waals surface area contributed by atoms with Crippen molar-refractivity contribution in [1.82, 2.24) is 4.90 Å². The third kappa shape index (κ3) is 6.29. The van der Waals surface area contributed by atoms with Crippen molar-refractivity contribution in [3.05, 3.63) is 29.8 Å². The van der Waals surface area contributed by atoms with Crippen LogP contribution in [-0.4, -0.2) is 42.1 Å². The van der Waals surface area contributed by atoms with Crippen LogP contribution in [0, 0.1) is 0 Å². The lowest BCUT2D eigenvalue weighted by Gasteiger charge is -2.22. The summed E-state index contributed by atoms with van der Waals surface area (Å²) in [7, 11) is 1.62. The molecule has 0 aromatic heterocycles. The molecule has 1 aromatic carbocycles. The van der Waals surface area contributed by atoms with Crippen molar-refractivity contribution in [2.75, 3.05) is 20.2 Å². The molecule has 1 aromatic rings. The number of aliphatic carboxylic acids is 1. The molecule has 0 aliphatic rings. The van der Waals surface area contributed by atoms with Crippen molar-refractivity contribution in [3.63, 3.8) is 0 Å². The standard InChI is InChI=1S/C16H23NO4/c1-3-4-15(18)17(12-10-16(19)20)11-9-13-5-7-14(21-2)8-6-13/h5-8H,3-4,9-12H2,1-2H3,(H,19,20). The van der Waals surface area contributed by atoms with Crippen LogP contribution in [0.1, 0.15) is 31.7 Å². The molecular formula is C16H23NO4. The third-order valence-electron chi connectivity index (χ3n) is 3.24. The van der Waals surface area contributed by atoms with E-state index in [9.17, 15) is 9.59 Å². The summed E-state index contributed by atoms with van der Waals surface area (Å²) in [6, 6.07) is 7.67. The van der Waals surface area contributed by atoms with E-state index in [-0.39, 0.29) is 18.9 Å². The second-order valence-corrected chi connectivity index (χ2v) is 4.87. The molecule has 0 saturated heterocycles. The molecule has 116 valence electrons. The Morgan fingerprint density at radius 1 is 1.14 bits per heavy atom. The first-order valence-corrected chi connectivity index (χ1v) is 7.19. The van der Waals surface area contributed by atoms with Crippen LogP contribution in [-0.2, 0) is 16.0 Å². The molecule has 0 spiro atoms. The molecule has 1 amide bonds. The van der Waals surface area contributed by atoms with Crippen molar-refractivity contribution < 1.29 is 19.4 Å². The maximum absolute atomic E-state index is 12.0. The van der Waals surface area contributed by atoms with E-state index in [0.717, 1.165) is 17.7 Å². The van der Waals surface area contributed by atoms with Gasteiger partial charge in [0, 0.05) is 19.5 Å². The van der Waals surface area contributed by atoms with Gasteiger partial charge in [0.15, 0.2) is 0 Å². The van der Waals surface area contributed by atoms with E-state index >= 15 is 0 Å². The van der Waals surface area contributed by atoms with Crippen LogP contribution < -0.4 is 4.74 Å². The summed E-state index contributed by atoms with van der Waals surface area (Å²) >= 11 is 0. The number of carbonyl (C=O) groups is 2. The van der Waals surface area contributed by atoms with Gasteiger partial charge < -0.3 is 14.7 Å². The zero-order valence-corrected chi connectivity index (χ0v) is 12.7. The quantitative estimate of drug-likeness (QED) is 0.759. The van der Waals surface area contributed by atoms with Gasteiger partial charge in [0.2, 0.25) is 5.91 Å². The molecule has 5 nitrogen and oxygen atoms in total. The van der Waals surface area contributed by atoms with Crippen LogP contribution in [0.3, 0.4) is 0 Å². The molecule has 21 heavy (non-hydrogen) atoms. The first-order valence-electron chi connectivity index (χ1n) is 7.19. The number of carboxylic acids is 1. The first kappa shape index (κ1) is 17.0. The van der Waals surface area contributed by atoms with Crippen LogP contribution >= 0.6 is 0 Å². The van der Waals surface area contributed by atoms with Crippen LogP contribution in [0.4, 0.5) is 0 Å². The Morgan fingerprint density at radius 3 is 2.33 bits per heavy atom. The molecule has 0 heterocycles. The Kier molecular flexibility index (Phi) is 7.29. The number of hydrogen-bond acceptors (Lipinski definition) is 3. The zero-order chi connectivity index (χ0) is 15.7. The predicted molar refractivity (Wildman–Crippen MR) is 80.4 cm³/mol. The Bertz CT molecular complexity index is 456. The van der Waals surface area contributed by atoms with E-state index in [0.29, 0.717) is 19.4 Å². The van der Waals surface area contributed by atoms with E-state index in [1.54, 1.807) is 12.0 Å². The molecule has 0 fully saturated rings. The highest BCUT2D eigenvalue weighted by atomic mass is 16.5. The molecule has 0 bridgehead atoms. The molecule has 0 unspecified atom stereocenters. The Morgan fingerprint density at radius 2 is 1.81 bits per heavy atom. The normalized spacial score (nSPS) is 10.2. The van der Waals surface area contributed by atoms with Gasteiger partial charge in [0.1, 0.15) is 5.75 Å². The highest BCUT2D eigenvalue weighted by Crippen LogP contribution is 2.12. The summed E-state index contributed by atoms with van der Waals surface area (Å²) in [6.07, 6.45) is 1.92. The number of benzene rings is 1. The summed E-state index contributed by atoms with van der Waals surface area (Å²) in [5.41, 5.74) is 1.10. The molecule has 1 rings (SSSR count). The van der Waals surface area contributed by atoms with Crippen molar-refractivity contribution in [2.45, 2.75) is 32.6 Å².